The molecule has 0 atom stereocenters. The highest BCUT2D eigenvalue weighted by atomic mass is 16.4. The first-order valence-electron chi connectivity index (χ1n) is 6.70. The fraction of sp³-hybridized carbons (Fsp3) is 0.600. The quantitative estimate of drug-likeness (QED) is 0.598. The maximum Gasteiger partial charge on any atom is 0.305 e. The third-order valence-corrected chi connectivity index (χ3v) is 3.50. The number of amides is 1. The van der Waals surface area contributed by atoms with Gasteiger partial charge in [-0.1, -0.05) is 26.0 Å². The molecule has 0 unspecified atom stereocenters. The first kappa shape index (κ1) is 17.4. The van der Waals surface area contributed by atoms with Crippen LogP contribution in [0, 0.1) is 5.92 Å². The fourth-order valence-electron chi connectivity index (χ4n) is 2.09. The number of carbonyl (C=O) groups excluding carboxylic acids is 1. The van der Waals surface area contributed by atoms with Crippen LogP contribution in [0.25, 0.3) is 0 Å². The molecule has 4 nitrogen and oxygen atoms in total. The molecule has 0 fully saturated rings. The third-order valence-electron chi connectivity index (χ3n) is 3.50. The lowest BCUT2D eigenvalue weighted by molar-refractivity contribution is -0.139. The van der Waals surface area contributed by atoms with Gasteiger partial charge >= 0.3 is 5.97 Å². The van der Waals surface area contributed by atoms with Gasteiger partial charge < -0.3 is 10.4 Å². The predicted molar refractivity (Wildman–Crippen MR) is 76.8 cm³/mol. The number of allylic oxidation sites excluding steroid dienone is 2. The topological polar surface area (TPSA) is 66.4 Å². The van der Waals surface area contributed by atoms with E-state index in [4.69, 9.17) is 5.11 Å². The van der Waals surface area contributed by atoms with Crippen LogP contribution in [-0.4, -0.2) is 22.5 Å². The van der Waals surface area contributed by atoms with Gasteiger partial charge in [0, 0.05) is 11.5 Å². The van der Waals surface area contributed by atoms with Gasteiger partial charge in [-0.15, -0.1) is 13.2 Å². The lowest BCUT2D eigenvalue weighted by Gasteiger charge is -2.33. The Morgan fingerprint density at radius 2 is 1.68 bits per heavy atom. The molecule has 1 amide bonds. The summed E-state index contributed by atoms with van der Waals surface area (Å²) in [7, 11) is 0. The van der Waals surface area contributed by atoms with Crippen LogP contribution >= 0.6 is 0 Å². The Bertz CT molecular complexity index is 322. The second-order valence-corrected chi connectivity index (χ2v) is 4.79. The van der Waals surface area contributed by atoms with Crippen LogP contribution in [0.3, 0.4) is 0 Å². The molecule has 0 saturated heterocycles. The van der Waals surface area contributed by atoms with Gasteiger partial charge in [-0.3, -0.25) is 9.59 Å². The molecule has 0 aromatic heterocycles. The minimum Gasteiger partial charge on any atom is -0.481 e. The highest BCUT2D eigenvalue weighted by Crippen LogP contribution is 2.22. The second kappa shape index (κ2) is 8.51. The van der Waals surface area contributed by atoms with Gasteiger partial charge in [-0.2, -0.15) is 0 Å². The molecule has 0 aliphatic heterocycles. The predicted octanol–water partition coefficient (Wildman–Crippen LogP) is 2.90. The lowest BCUT2D eigenvalue weighted by Crippen LogP contribution is -2.51. The Morgan fingerprint density at radius 3 is 2.00 bits per heavy atom. The average molecular weight is 267 g/mol. The van der Waals surface area contributed by atoms with Crippen LogP contribution in [0.15, 0.2) is 25.3 Å². The van der Waals surface area contributed by atoms with Crippen LogP contribution in [0.2, 0.25) is 0 Å². The standard InChI is InChI=1S/C15H25NO3/c1-5-9-12(10-6-2)14(19)16-15(7-3,8-4)11-13(17)18/h5-6,12H,1-2,7-11H2,3-4H3,(H,16,19)(H,17,18). The zero-order chi connectivity index (χ0) is 14.9. The van der Waals surface area contributed by atoms with E-state index in [9.17, 15) is 9.59 Å². The Morgan fingerprint density at radius 1 is 1.21 bits per heavy atom. The van der Waals surface area contributed by atoms with Crippen LogP contribution in [-0.2, 0) is 9.59 Å². The summed E-state index contributed by atoms with van der Waals surface area (Å²) in [5.41, 5.74) is -0.663. The van der Waals surface area contributed by atoms with Gasteiger partial charge in [0.25, 0.3) is 0 Å². The second-order valence-electron chi connectivity index (χ2n) is 4.79. The maximum absolute atomic E-state index is 12.2. The van der Waals surface area contributed by atoms with Crippen LogP contribution in [0.1, 0.15) is 46.0 Å². The van der Waals surface area contributed by atoms with Crippen LogP contribution in [0.4, 0.5) is 0 Å². The van der Waals surface area contributed by atoms with Crippen molar-refractivity contribution in [2.75, 3.05) is 0 Å². The van der Waals surface area contributed by atoms with Crippen molar-refractivity contribution in [2.45, 2.75) is 51.5 Å². The van der Waals surface area contributed by atoms with Gasteiger partial charge in [0.05, 0.1) is 6.42 Å². The first-order chi connectivity index (χ1) is 8.94. The van der Waals surface area contributed by atoms with Gasteiger partial charge in [-0.05, 0) is 25.7 Å². The zero-order valence-electron chi connectivity index (χ0n) is 11.9. The van der Waals surface area contributed by atoms with Gasteiger partial charge in [-0.25, -0.2) is 0 Å². The summed E-state index contributed by atoms with van der Waals surface area (Å²) < 4.78 is 0. The molecule has 0 aromatic carbocycles. The van der Waals surface area contributed by atoms with Crippen molar-refractivity contribution in [3.63, 3.8) is 0 Å². The van der Waals surface area contributed by atoms with Gasteiger partial charge in [0.2, 0.25) is 5.91 Å². The Hall–Kier alpha value is -1.58. The normalized spacial score (nSPS) is 11.1. The van der Waals surface area contributed by atoms with E-state index in [0.29, 0.717) is 25.7 Å². The molecule has 0 saturated carbocycles. The number of hydrogen-bond donors (Lipinski definition) is 2. The van der Waals surface area contributed by atoms with Crippen molar-refractivity contribution in [3.05, 3.63) is 25.3 Å². The molecule has 0 bridgehead atoms. The molecule has 4 heteroatoms. The molecule has 0 spiro atoms. The van der Waals surface area contributed by atoms with E-state index in [1.165, 1.54) is 0 Å². The van der Waals surface area contributed by atoms with E-state index in [-0.39, 0.29) is 18.2 Å². The monoisotopic (exact) mass is 267 g/mol. The highest BCUT2D eigenvalue weighted by molar-refractivity contribution is 5.81. The summed E-state index contributed by atoms with van der Waals surface area (Å²) in [4.78, 5) is 23.2. The molecule has 0 radical (unpaired) electrons. The molecule has 0 heterocycles. The van der Waals surface area contributed by atoms with Crippen molar-refractivity contribution in [1.82, 2.24) is 5.32 Å². The highest BCUT2D eigenvalue weighted by Gasteiger charge is 2.32. The minimum atomic E-state index is -0.895. The first-order valence-corrected chi connectivity index (χ1v) is 6.70. The number of aliphatic carboxylic acids is 1. The summed E-state index contributed by atoms with van der Waals surface area (Å²) in [6, 6.07) is 0. The smallest absolute Gasteiger partial charge is 0.305 e. The third kappa shape index (κ3) is 5.73. The molecule has 0 aliphatic carbocycles. The minimum absolute atomic E-state index is 0.0549. The maximum atomic E-state index is 12.2. The van der Waals surface area contributed by atoms with Gasteiger partial charge in [0.15, 0.2) is 0 Å². The van der Waals surface area contributed by atoms with E-state index < -0.39 is 11.5 Å². The Labute approximate surface area is 115 Å². The lowest BCUT2D eigenvalue weighted by atomic mass is 9.87. The summed E-state index contributed by atoms with van der Waals surface area (Å²) in [5.74, 6) is -1.24. The molecule has 2 N–H and O–H groups in total. The van der Waals surface area contributed by atoms with Crippen molar-refractivity contribution < 1.29 is 14.7 Å². The zero-order valence-corrected chi connectivity index (χ0v) is 11.9. The van der Waals surface area contributed by atoms with E-state index in [1.807, 2.05) is 13.8 Å². The molecular formula is C15H25NO3. The number of nitrogens with one attached hydrogen (secondary N) is 1. The average Bonchev–Trinajstić information content (AvgIpc) is 2.37. The SMILES string of the molecule is C=CCC(CC=C)C(=O)NC(CC)(CC)CC(=O)O. The summed E-state index contributed by atoms with van der Waals surface area (Å²) in [6.45, 7) is 11.1. The largest absolute Gasteiger partial charge is 0.481 e. The molecule has 0 aliphatic rings. The number of carbonyl (C=O) groups is 2. The molecule has 0 rings (SSSR count). The van der Waals surface area contributed by atoms with Crippen molar-refractivity contribution >= 4 is 11.9 Å². The van der Waals surface area contributed by atoms with E-state index in [1.54, 1.807) is 12.2 Å². The Balaban J connectivity index is 4.89. The van der Waals surface area contributed by atoms with Crippen LogP contribution < -0.4 is 5.32 Å². The molecule has 108 valence electrons. The van der Waals surface area contributed by atoms with Crippen molar-refractivity contribution in [3.8, 4) is 0 Å². The van der Waals surface area contributed by atoms with Crippen molar-refractivity contribution in [1.29, 1.82) is 0 Å². The number of carboxylic acid groups (broad SMARTS) is 1. The summed E-state index contributed by atoms with van der Waals surface area (Å²) >= 11 is 0. The van der Waals surface area contributed by atoms with Crippen LogP contribution in [0.5, 0.6) is 0 Å². The summed E-state index contributed by atoms with van der Waals surface area (Å²) in [6.07, 6.45) is 5.66. The van der Waals surface area contributed by atoms with E-state index in [0.717, 1.165) is 0 Å². The number of hydrogen-bond acceptors (Lipinski definition) is 2. The summed E-state index contributed by atoms with van der Waals surface area (Å²) in [5, 5.41) is 11.9. The number of carboxylic acids is 1. The molecule has 19 heavy (non-hydrogen) atoms. The fourth-order valence-corrected chi connectivity index (χ4v) is 2.09. The molecular weight excluding hydrogens is 242 g/mol. The number of rotatable bonds is 10. The molecule has 0 aromatic rings. The van der Waals surface area contributed by atoms with E-state index in [2.05, 4.69) is 18.5 Å². The Kier molecular flexibility index (Phi) is 7.80. The van der Waals surface area contributed by atoms with E-state index >= 15 is 0 Å². The van der Waals surface area contributed by atoms with Gasteiger partial charge in [0.1, 0.15) is 0 Å². The van der Waals surface area contributed by atoms with Crippen molar-refractivity contribution in [2.24, 2.45) is 5.92 Å².